The topological polar surface area (TPSA) is 54.3 Å². The molecule has 1 aromatic rings. The van der Waals surface area contributed by atoms with Crippen molar-refractivity contribution in [2.75, 3.05) is 23.9 Å². The van der Waals surface area contributed by atoms with Crippen LogP contribution in [0, 0.1) is 12.1 Å². The summed E-state index contributed by atoms with van der Waals surface area (Å²) in [5, 5.41) is 11.6. The molecule has 2 N–H and O–H groups in total. The van der Waals surface area contributed by atoms with E-state index in [9.17, 15) is 0 Å². The molecule has 1 rings (SSSR count). The lowest BCUT2D eigenvalue weighted by Gasteiger charge is -2.21. The van der Waals surface area contributed by atoms with E-state index in [4.69, 9.17) is 26.4 Å². The molecule has 0 saturated heterocycles. The largest absolute Gasteiger partial charge is 0.404 e. The molecule has 8 heteroatoms. The Kier molecular flexibility index (Phi) is 8.87. The Labute approximate surface area is 146 Å². The number of hydrogen-bond donors (Lipinski definition) is 2. The van der Waals surface area contributed by atoms with Crippen molar-refractivity contribution in [1.82, 2.24) is 0 Å². The average molecular weight is 379 g/mol. The van der Waals surface area contributed by atoms with Gasteiger partial charge in [-0.15, -0.1) is 11.8 Å². The fourth-order valence-electron chi connectivity index (χ4n) is 1.68. The number of thiocarbonyl (C=S) groups is 1. The van der Waals surface area contributed by atoms with Crippen molar-refractivity contribution in [3.05, 3.63) is 23.8 Å². The Balaban J connectivity index is 2.71. The normalized spacial score (nSPS) is 13.5. The van der Waals surface area contributed by atoms with E-state index < -0.39 is 6.71 Å². The van der Waals surface area contributed by atoms with E-state index in [1.807, 2.05) is 25.1 Å². The first-order chi connectivity index (χ1) is 10.4. The highest BCUT2D eigenvalue weighted by molar-refractivity contribution is 8.55. The van der Waals surface area contributed by atoms with E-state index in [0.717, 1.165) is 17.9 Å². The number of hydrogen-bond acceptors (Lipinski definition) is 6. The summed E-state index contributed by atoms with van der Waals surface area (Å²) in [6.45, 7) is 3.68. The lowest BCUT2D eigenvalue weighted by molar-refractivity contribution is 0.334. The van der Waals surface area contributed by atoms with E-state index in [1.54, 1.807) is 11.8 Å². The van der Waals surface area contributed by atoms with Gasteiger partial charge < -0.3 is 14.4 Å². The van der Waals surface area contributed by atoms with Crippen molar-refractivity contribution in [2.45, 2.75) is 32.1 Å². The molecule has 0 aliphatic heterocycles. The molecule has 0 fully saturated rings. The van der Waals surface area contributed by atoms with Crippen LogP contribution in [0.25, 0.3) is 0 Å². The fraction of sp³-hybridized carbons (Fsp3) is 0.500. The van der Waals surface area contributed by atoms with Crippen LogP contribution >= 0.6 is 42.1 Å². The lowest BCUT2D eigenvalue weighted by Crippen LogP contribution is -2.12. The van der Waals surface area contributed by atoms with Crippen LogP contribution < -0.4 is 5.32 Å². The maximum absolute atomic E-state index is 8.32. The Bertz CT molecular complexity index is 555. The summed E-state index contributed by atoms with van der Waals surface area (Å²) in [5.41, 5.74) is 2.04. The lowest BCUT2D eigenvalue weighted by atomic mass is 10.2. The average Bonchev–Trinajstić information content (AvgIpc) is 2.45. The van der Waals surface area contributed by atoms with Crippen LogP contribution in [0.3, 0.4) is 0 Å². The minimum Gasteiger partial charge on any atom is -0.404 e. The first-order valence-corrected chi connectivity index (χ1v) is 11.9. The van der Waals surface area contributed by atoms with Gasteiger partial charge in [-0.05, 0) is 73.9 Å². The Morgan fingerprint density at radius 3 is 2.68 bits per heavy atom. The molecule has 0 spiro atoms. The third kappa shape index (κ3) is 6.50. The van der Waals surface area contributed by atoms with Crippen LogP contribution in [-0.2, 0) is 9.05 Å². The van der Waals surface area contributed by atoms with E-state index >= 15 is 0 Å². The molecule has 0 bridgehead atoms. The van der Waals surface area contributed by atoms with Gasteiger partial charge in [0.05, 0.1) is 6.61 Å². The first kappa shape index (κ1) is 19.8. The highest BCUT2D eigenvalue weighted by Crippen LogP contribution is 2.61. The van der Waals surface area contributed by atoms with Gasteiger partial charge in [-0.3, -0.25) is 5.16 Å². The van der Waals surface area contributed by atoms with E-state index in [2.05, 4.69) is 25.4 Å². The Hall–Kier alpha value is -0.200. The standard InChI is InChI=1S/C14H23N2O2PS3/c1-5-9-22-19(15,17-6-2)18-14(20)16-12-7-8-13(21-4)11(3)10-12/h7-8,10,15H,5-6,9H2,1-4H3,(H,16,20). The highest BCUT2D eigenvalue weighted by atomic mass is 32.7. The van der Waals surface area contributed by atoms with Crippen molar-refractivity contribution in [3.63, 3.8) is 0 Å². The minimum atomic E-state index is -2.75. The summed E-state index contributed by atoms with van der Waals surface area (Å²) in [5.74, 6) is 0.821. The summed E-state index contributed by atoms with van der Waals surface area (Å²) in [6.07, 6.45) is 3.02. The van der Waals surface area contributed by atoms with Crippen LogP contribution in [0.2, 0.25) is 0 Å². The summed E-state index contributed by atoms with van der Waals surface area (Å²) < 4.78 is 11.1. The molecule has 22 heavy (non-hydrogen) atoms. The van der Waals surface area contributed by atoms with Crippen LogP contribution in [0.1, 0.15) is 25.8 Å². The highest BCUT2D eigenvalue weighted by Gasteiger charge is 2.22. The molecule has 0 radical (unpaired) electrons. The zero-order valence-electron chi connectivity index (χ0n) is 13.3. The smallest absolute Gasteiger partial charge is 0.322 e. The summed E-state index contributed by atoms with van der Waals surface area (Å²) >= 11 is 8.34. The van der Waals surface area contributed by atoms with E-state index in [-0.39, 0.29) is 5.17 Å². The molecule has 124 valence electrons. The Morgan fingerprint density at radius 2 is 2.14 bits per heavy atom. The van der Waals surface area contributed by atoms with Gasteiger partial charge in [-0.25, -0.2) is 0 Å². The zero-order valence-corrected chi connectivity index (χ0v) is 16.7. The van der Waals surface area contributed by atoms with Crippen molar-refractivity contribution < 1.29 is 9.05 Å². The molecule has 0 heterocycles. The number of anilines is 1. The summed E-state index contributed by atoms with van der Waals surface area (Å²) in [6, 6.07) is 6.02. The van der Waals surface area contributed by atoms with E-state index in [1.165, 1.54) is 21.8 Å². The van der Waals surface area contributed by atoms with Gasteiger partial charge in [0, 0.05) is 16.3 Å². The van der Waals surface area contributed by atoms with Crippen molar-refractivity contribution >= 4 is 52.9 Å². The molecule has 1 unspecified atom stereocenters. The molecule has 4 nitrogen and oxygen atoms in total. The zero-order chi connectivity index (χ0) is 16.6. The van der Waals surface area contributed by atoms with Crippen LogP contribution in [0.15, 0.2) is 23.1 Å². The summed E-state index contributed by atoms with van der Waals surface area (Å²) in [4.78, 5) is 1.23. The number of thioether (sulfide) groups is 1. The second-order valence-electron chi connectivity index (χ2n) is 4.44. The second-order valence-corrected chi connectivity index (χ2v) is 9.97. The van der Waals surface area contributed by atoms with Crippen molar-refractivity contribution in [2.24, 2.45) is 0 Å². The quantitative estimate of drug-likeness (QED) is 0.322. The van der Waals surface area contributed by atoms with Gasteiger partial charge in [0.1, 0.15) is 0 Å². The number of aryl methyl sites for hydroxylation is 1. The molecule has 1 aromatic carbocycles. The maximum atomic E-state index is 8.32. The van der Waals surface area contributed by atoms with E-state index in [0.29, 0.717) is 6.61 Å². The Morgan fingerprint density at radius 1 is 1.41 bits per heavy atom. The molecule has 1 atom stereocenters. The maximum Gasteiger partial charge on any atom is 0.322 e. The third-order valence-corrected chi connectivity index (χ3v) is 7.87. The third-order valence-electron chi connectivity index (χ3n) is 2.61. The molecular formula is C14H23N2O2PS3. The molecule has 0 aromatic heterocycles. The van der Waals surface area contributed by atoms with Gasteiger partial charge in [0.25, 0.3) is 5.17 Å². The number of benzene rings is 1. The molecule has 0 amide bonds. The minimum absolute atomic E-state index is 0.191. The van der Waals surface area contributed by atoms with Crippen molar-refractivity contribution in [3.8, 4) is 0 Å². The fourth-order valence-corrected chi connectivity index (χ4v) is 6.23. The van der Waals surface area contributed by atoms with Gasteiger partial charge in [0.2, 0.25) is 0 Å². The molecular weight excluding hydrogens is 355 g/mol. The number of rotatable bonds is 8. The molecule has 0 saturated carbocycles. The van der Waals surface area contributed by atoms with Crippen LogP contribution in [-0.4, -0.2) is 23.8 Å². The predicted octanol–water partition coefficient (Wildman–Crippen LogP) is 6.13. The summed E-state index contributed by atoms with van der Waals surface area (Å²) in [7, 11) is 0. The van der Waals surface area contributed by atoms with Crippen LogP contribution in [0.4, 0.5) is 5.69 Å². The predicted molar refractivity (Wildman–Crippen MR) is 104 cm³/mol. The van der Waals surface area contributed by atoms with Gasteiger partial charge in [-0.2, -0.15) is 0 Å². The SMILES string of the molecule is CCCSP(=N)(OCC)OC(=S)Nc1ccc(SC)c(C)c1. The molecule has 0 aliphatic rings. The van der Waals surface area contributed by atoms with Gasteiger partial charge >= 0.3 is 6.71 Å². The van der Waals surface area contributed by atoms with Crippen molar-refractivity contribution in [1.29, 1.82) is 5.16 Å². The first-order valence-electron chi connectivity index (χ1n) is 7.02. The number of nitrogens with one attached hydrogen (secondary N) is 2. The van der Waals surface area contributed by atoms with Crippen LogP contribution in [0.5, 0.6) is 0 Å². The monoisotopic (exact) mass is 378 g/mol. The molecule has 0 aliphatic carbocycles. The van der Waals surface area contributed by atoms with Gasteiger partial charge in [0.15, 0.2) is 0 Å². The second kappa shape index (κ2) is 9.83. The van der Waals surface area contributed by atoms with Gasteiger partial charge in [-0.1, -0.05) is 6.92 Å².